The van der Waals surface area contributed by atoms with Gasteiger partial charge in [0.1, 0.15) is 5.78 Å². The Morgan fingerprint density at radius 1 is 1.12 bits per heavy atom. The fraction of sp³-hybridized carbons (Fsp3) is 0.682. The summed E-state index contributed by atoms with van der Waals surface area (Å²) in [5.74, 6) is 0.924. The molecule has 1 aliphatic carbocycles. The normalized spacial score (nSPS) is 33.1. The van der Waals surface area contributed by atoms with E-state index in [0.717, 1.165) is 37.9 Å². The Kier molecular flexibility index (Phi) is 5.23. The van der Waals surface area contributed by atoms with Gasteiger partial charge in [0.25, 0.3) is 0 Å². The van der Waals surface area contributed by atoms with Gasteiger partial charge in [-0.15, -0.1) is 0 Å². The van der Waals surface area contributed by atoms with Gasteiger partial charge in [0.05, 0.1) is 5.60 Å². The second-order valence-electron chi connectivity index (χ2n) is 8.35. The molecule has 0 radical (unpaired) electrons. The van der Waals surface area contributed by atoms with Gasteiger partial charge >= 0.3 is 0 Å². The van der Waals surface area contributed by atoms with Crippen LogP contribution >= 0.6 is 0 Å². The van der Waals surface area contributed by atoms with Crippen molar-refractivity contribution in [3.63, 3.8) is 0 Å². The van der Waals surface area contributed by atoms with Crippen molar-refractivity contribution in [1.82, 2.24) is 4.90 Å². The lowest BCUT2D eigenvalue weighted by Gasteiger charge is -2.45. The van der Waals surface area contributed by atoms with Crippen LogP contribution in [0.5, 0.6) is 0 Å². The molecule has 2 aliphatic heterocycles. The number of hydrogen-bond acceptors (Lipinski definition) is 3. The molecule has 3 atom stereocenters. The Morgan fingerprint density at radius 3 is 2.64 bits per heavy atom. The smallest absolute Gasteiger partial charge is 0.137 e. The lowest BCUT2D eigenvalue weighted by molar-refractivity contribution is -0.122. The maximum Gasteiger partial charge on any atom is 0.137 e. The number of carbonyl (C=O) groups is 1. The molecular formula is C22H31NO2. The summed E-state index contributed by atoms with van der Waals surface area (Å²) in [4.78, 5) is 15.4. The third-order valence-electron chi connectivity index (χ3n) is 6.62. The molecule has 0 aromatic heterocycles. The molecule has 1 saturated carbocycles. The predicted octanol–water partition coefficient (Wildman–Crippen LogP) is 4.00. The number of rotatable bonds is 5. The first kappa shape index (κ1) is 17.2. The Hall–Kier alpha value is -1.19. The van der Waals surface area contributed by atoms with E-state index in [1.165, 1.54) is 38.8 Å². The maximum atomic E-state index is 12.7. The van der Waals surface area contributed by atoms with Crippen LogP contribution in [0, 0.1) is 5.92 Å². The Bertz CT molecular complexity index is 573. The molecule has 3 nitrogen and oxygen atoms in total. The van der Waals surface area contributed by atoms with E-state index in [1.807, 2.05) is 18.2 Å². The van der Waals surface area contributed by atoms with Crippen molar-refractivity contribution in [2.45, 2.75) is 69.4 Å². The largest absolute Gasteiger partial charge is 0.375 e. The maximum absolute atomic E-state index is 12.7. The Morgan fingerprint density at radius 2 is 1.92 bits per heavy atom. The molecule has 3 fully saturated rings. The number of Topliss-reactive ketones (excluding diaryl/α,β-unsaturated/α-hetero) is 1. The first-order valence-electron chi connectivity index (χ1n) is 10.2. The van der Waals surface area contributed by atoms with Gasteiger partial charge in [-0.3, -0.25) is 9.69 Å². The summed E-state index contributed by atoms with van der Waals surface area (Å²) in [6.07, 6.45) is 9.85. The molecule has 4 rings (SSSR count). The van der Waals surface area contributed by atoms with Gasteiger partial charge < -0.3 is 4.74 Å². The van der Waals surface area contributed by atoms with Gasteiger partial charge in [0.15, 0.2) is 0 Å². The minimum atomic E-state index is 0.131. The standard InChI is InChI=1S/C22H31NO2/c24-20(15-18-7-2-1-3-8-18)16-19-9-11-22(10-6-14-25-22)17-21(19)23-12-4-5-13-23/h1-3,7-8,19,21H,4-6,9-17H2/t19-,21+,22+/m1/s1. The Balaban J connectivity index is 1.42. The average Bonchev–Trinajstić information content (AvgIpc) is 3.30. The second-order valence-corrected chi connectivity index (χ2v) is 8.35. The number of benzene rings is 1. The molecule has 1 spiro atoms. The molecule has 3 aliphatic rings. The highest BCUT2D eigenvalue weighted by molar-refractivity contribution is 5.81. The molecule has 0 N–H and O–H groups in total. The first-order chi connectivity index (χ1) is 12.2. The van der Waals surface area contributed by atoms with Gasteiger partial charge in [-0.2, -0.15) is 0 Å². The second kappa shape index (κ2) is 7.59. The predicted molar refractivity (Wildman–Crippen MR) is 99.6 cm³/mol. The van der Waals surface area contributed by atoms with Gasteiger partial charge in [0, 0.05) is 25.5 Å². The fourth-order valence-corrected chi connectivity index (χ4v) is 5.33. The van der Waals surface area contributed by atoms with E-state index in [4.69, 9.17) is 4.74 Å². The molecule has 0 amide bonds. The summed E-state index contributed by atoms with van der Waals surface area (Å²) < 4.78 is 6.21. The SMILES string of the molecule is O=C(Cc1ccccc1)C[C@H]1CC[C@@]2(CCCO2)C[C@@H]1N1CCCC1. The zero-order chi connectivity index (χ0) is 17.1. The molecule has 0 bridgehead atoms. The molecule has 2 saturated heterocycles. The third kappa shape index (κ3) is 3.98. The molecule has 1 aromatic rings. The third-order valence-corrected chi connectivity index (χ3v) is 6.62. The number of likely N-dealkylation sites (tertiary alicyclic amines) is 1. The van der Waals surface area contributed by atoms with Crippen molar-refractivity contribution in [3.05, 3.63) is 35.9 Å². The lowest BCUT2D eigenvalue weighted by Crippen LogP contribution is -2.50. The summed E-state index contributed by atoms with van der Waals surface area (Å²) in [5.41, 5.74) is 1.28. The molecule has 1 aromatic carbocycles. The topological polar surface area (TPSA) is 29.5 Å². The minimum absolute atomic E-state index is 0.131. The summed E-state index contributed by atoms with van der Waals surface area (Å²) >= 11 is 0. The zero-order valence-electron chi connectivity index (χ0n) is 15.3. The highest BCUT2D eigenvalue weighted by Gasteiger charge is 2.46. The van der Waals surface area contributed by atoms with Crippen molar-refractivity contribution in [2.75, 3.05) is 19.7 Å². The van der Waals surface area contributed by atoms with Gasteiger partial charge in [-0.1, -0.05) is 30.3 Å². The molecule has 3 heteroatoms. The van der Waals surface area contributed by atoms with Crippen molar-refractivity contribution in [3.8, 4) is 0 Å². The summed E-state index contributed by atoms with van der Waals surface area (Å²) in [5, 5.41) is 0. The van der Waals surface area contributed by atoms with Crippen molar-refractivity contribution in [1.29, 1.82) is 0 Å². The van der Waals surface area contributed by atoms with Crippen molar-refractivity contribution in [2.24, 2.45) is 5.92 Å². The zero-order valence-corrected chi connectivity index (χ0v) is 15.3. The Labute approximate surface area is 151 Å². The van der Waals surface area contributed by atoms with Gasteiger partial charge in [-0.05, 0) is 69.5 Å². The summed E-state index contributed by atoms with van der Waals surface area (Å²) in [6, 6.07) is 10.7. The van der Waals surface area contributed by atoms with E-state index in [1.54, 1.807) is 0 Å². The van der Waals surface area contributed by atoms with Crippen LogP contribution < -0.4 is 0 Å². The fourth-order valence-electron chi connectivity index (χ4n) is 5.33. The highest BCUT2D eigenvalue weighted by Crippen LogP contribution is 2.44. The van der Waals surface area contributed by atoms with Crippen LogP contribution in [0.3, 0.4) is 0 Å². The summed E-state index contributed by atoms with van der Waals surface area (Å²) in [7, 11) is 0. The van der Waals surface area contributed by atoms with Crippen LogP contribution in [0.2, 0.25) is 0 Å². The van der Waals surface area contributed by atoms with Gasteiger partial charge in [-0.25, -0.2) is 0 Å². The monoisotopic (exact) mass is 341 g/mol. The number of nitrogens with zero attached hydrogens (tertiary/aromatic N) is 1. The van der Waals surface area contributed by atoms with E-state index in [9.17, 15) is 4.79 Å². The van der Waals surface area contributed by atoms with Crippen LogP contribution in [0.1, 0.15) is 56.9 Å². The molecule has 0 unspecified atom stereocenters. The number of carbonyl (C=O) groups excluding carboxylic acids is 1. The van der Waals surface area contributed by atoms with Crippen LogP contribution in [-0.4, -0.2) is 42.0 Å². The van der Waals surface area contributed by atoms with E-state index < -0.39 is 0 Å². The van der Waals surface area contributed by atoms with Crippen molar-refractivity contribution >= 4 is 5.78 Å². The summed E-state index contributed by atoms with van der Waals surface area (Å²) in [6.45, 7) is 3.36. The number of hydrogen-bond donors (Lipinski definition) is 0. The number of ether oxygens (including phenoxy) is 1. The van der Waals surface area contributed by atoms with E-state index in [-0.39, 0.29) is 5.60 Å². The highest BCUT2D eigenvalue weighted by atomic mass is 16.5. The molecule has 2 heterocycles. The molecule has 136 valence electrons. The van der Waals surface area contributed by atoms with Crippen LogP contribution in [0.4, 0.5) is 0 Å². The van der Waals surface area contributed by atoms with Crippen LogP contribution in [0.15, 0.2) is 30.3 Å². The average molecular weight is 341 g/mol. The van der Waals surface area contributed by atoms with E-state index in [0.29, 0.717) is 24.2 Å². The molecule has 25 heavy (non-hydrogen) atoms. The number of ketones is 1. The van der Waals surface area contributed by atoms with Crippen LogP contribution in [-0.2, 0) is 16.0 Å². The minimum Gasteiger partial charge on any atom is -0.375 e. The van der Waals surface area contributed by atoms with Crippen LogP contribution in [0.25, 0.3) is 0 Å². The lowest BCUT2D eigenvalue weighted by atomic mass is 9.72. The quantitative estimate of drug-likeness (QED) is 0.811. The van der Waals surface area contributed by atoms with E-state index in [2.05, 4.69) is 17.0 Å². The van der Waals surface area contributed by atoms with Gasteiger partial charge in [0.2, 0.25) is 0 Å². The van der Waals surface area contributed by atoms with Crippen molar-refractivity contribution < 1.29 is 9.53 Å². The molecular weight excluding hydrogens is 310 g/mol. The van der Waals surface area contributed by atoms with E-state index >= 15 is 0 Å². The first-order valence-corrected chi connectivity index (χ1v) is 10.2.